The number of ether oxygens (including phenoxy) is 1. The average molecular weight is 288 g/mol. The molecule has 0 spiro atoms. The molecule has 19 heavy (non-hydrogen) atoms. The molecule has 0 saturated carbocycles. The van der Waals surface area contributed by atoms with Gasteiger partial charge in [-0.05, 0) is 43.0 Å². The molecule has 0 heterocycles. The van der Waals surface area contributed by atoms with E-state index in [1.165, 1.54) is 11.1 Å². The summed E-state index contributed by atoms with van der Waals surface area (Å²) in [7, 11) is 0. The molecule has 1 aromatic carbocycles. The molecule has 3 nitrogen and oxygen atoms in total. The summed E-state index contributed by atoms with van der Waals surface area (Å²) in [5.41, 5.74) is 2.54. The Hall–Kier alpha value is -0.770. The van der Waals surface area contributed by atoms with Crippen molar-refractivity contribution in [3.8, 4) is 5.75 Å². The monoisotopic (exact) mass is 287 g/mol. The lowest BCUT2D eigenvalue weighted by Gasteiger charge is -2.12. The van der Waals surface area contributed by atoms with Crippen molar-refractivity contribution in [3.63, 3.8) is 0 Å². The van der Waals surface area contributed by atoms with Crippen molar-refractivity contribution in [1.82, 2.24) is 5.32 Å². The Balaban J connectivity index is 0.00000324. The highest BCUT2D eigenvalue weighted by Crippen LogP contribution is 2.22. The summed E-state index contributed by atoms with van der Waals surface area (Å²) >= 11 is 0. The van der Waals surface area contributed by atoms with Gasteiger partial charge in [-0.15, -0.1) is 12.4 Å². The van der Waals surface area contributed by atoms with Crippen molar-refractivity contribution in [2.24, 2.45) is 0 Å². The molecule has 4 heteroatoms. The van der Waals surface area contributed by atoms with Gasteiger partial charge in [0, 0.05) is 13.1 Å². The van der Waals surface area contributed by atoms with Gasteiger partial charge in [-0.2, -0.15) is 0 Å². The van der Waals surface area contributed by atoms with Crippen LogP contribution in [0.5, 0.6) is 5.75 Å². The summed E-state index contributed by atoms with van der Waals surface area (Å²) < 4.78 is 5.72. The van der Waals surface area contributed by atoms with E-state index in [0.717, 1.165) is 12.3 Å². The van der Waals surface area contributed by atoms with Crippen LogP contribution in [0, 0.1) is 6.92 Å². The van der Waals surface area contributed by atoms with Gasteiger partial charge in [0.15, 0.2) is 0 Å². The van der Waals surface area contributed by atoms with Crippen molar-refractivity contribution < 1.29 is 9.84 Å². The molecule has 0 bridgehead atoms. The predicted octanol–water partition coefficient (Wildman–Crippen LogP) is 2.89. The van der Waals surface area contributed by atoms with Crippen LogP contribution >= 0.6 is 12.4 Å². The Labute approximate surface area is 122 Å². The molecule has 1 unspecified atom stereocenters. The molecule has 0 saturated heterocycles. The van der Waals surface area contributed by atoms with Crippen molar-refractivity contribution >= 4 is 12.4 Å². The maximum Gasteiger partial charge on any atom is 0.119 e. The highest BCUT2D eigenvalue weighted by molar-refractivity contribution is 5.85. The lowest BCUT2D eigenvalue weighted by Crippen LogP contribution is -2.28. The lowest BCUT2D eigenvalue weighted by molar-refractivity contribution is 0.188. The predicted molar refractivity (Wildman–Crippen MR) is 82.6 cm³/mol. The zero-order valence-corrected chi connectivity index (χ0v) is 13.1. The summed E-state index contributed by atoms with van der Waals surface area (Å²) in [5, 5.41) is 12.2. The van der Waals surface area contributed by atoms with E-state index in [4.69, 9.17) is 9.84 Å². The molecule has 110 valence electrons. The first-order valence-electron chi connectivity index (χ1n) is 6.62. The Morgan fingerprint density at radius 1 is 1.21 bits per heavy atom. The zero-order chi connectivity index (χ0) is 13.5. The van der Waals surface area contributed by atoms with Gasteiger partial charge in [0.1, 0.15) is 12.4 Å². The van der Waals surface area contributed by atoms with Gasteiger partial charge in [-0.25, -0.2) is 0 Å². The molecular formula is C15H26ClNO2. The smallest absolute Gasteiger partial charge is 0.119 e. The molecule has 1 rings (SSSR count). The Morgan fingerprint density at radius 3 is 2.47 bits per heavy atom. The van der Waals surface area contributed by atoms with Crippen LogP contribution in [0.3, 0.4) is 0 Å². The fourth-order valence-electron chi connectivity index (χ4n) is 1.75. The average Bonchev–Trinajstić information content (AvgIpc) is 2.27. The molecule has 1 aromatic rings. The van der Waals surface area contributed by atoms with E-state index in [-0.39, 0.29) is 18.5 Å². The highest BCUT2D eigenvalue weighted by Gasteiger charge is 2.03. The minimum Gasteiger partial charge on any atom is -0.492 e. The largest absolute Gasteiger partial charge is 0.492 e. The summed E-state index contributed by atoms with van der Waals surface area (Å²) in [6.07, 6.45) is -0.309. The number of hydrogen-bond donors (Lipinski definition) is 2. The standard InChI is InChI=1S/C15H25NO2.ClH/c1-11(2)14-7-12(3)8-15(9-14)18-6-5-16-10-13(4)17;/h7-9,11,13,16-17H,5-6,10H2,1-4H3;1H. The molecule has 0 fully saturated rings. The van der Waals surface area contributed by atoms with E-state index >= 15 is 0 Å². The second-order valence-corrected chi connectivity index (χ2v) is 5.14. The Morgan fingerprint density at radius 2 is 1.89 bits per heavy atom. The molecule has 0 amide bonds. The molecule has 0 aliphatic carbocycles. The summed E-state index contributed by atoms with van der Waals surface area (Å²) in [6.45, 7) is 10.2. The molecule has 0 aliphatic rings. The Bertz CT molecular complexity index is 367. The third-order valence-electron chi connectivity index (χ3n) is 2.73. The van der Waals surface area contributed by atoms with E-state index in [9.17, 15) is 0 Å². The summed E-state index contributed by atoms with van der Waals surface area (Å²) in [5.74, 6) is 1.44. The zero-order valence-electron chi connectivity index (χ0n) is 12.3. The number of aliphatic hydroxyl groups is 1. The SMILES string of the molecule is Cc1cc(OCCNCC(C)O)cc(C(C)C)c1.Cl. The van der Waals surface area contributed by atoms with Crippen LogP contribution in [-0.4, -0.2) is 30.9 Å². The second-order valence-electron chi connectivity index (χ2n) is 5.14. The normalized spacial score (nSPS) is 12.1. The van der Waals surface area contributed by atoms with Crippen LogP contribution in [0.4, 0.5) is 0 Å². The fourth-order valence-corrected chi connectivity index (χ4v) is 1.75. The van der Waals surface area contributed by atoms with E-state index in [1.54, 1.807) is 6.92 Å². The van der Waals surface area contributed by atoms with Gasteiger partial charge in [-0.3, -0.25) is 0 Å². The highest BCUT2D eigenvalue weighted by atomic mass is 35.5. The maximum atomic E-state index is 9.10. The summed E-state index contributed by atoms with van der Waals surface area (Å²) in [6, 6.07) is 6.36. The summed E-state index contributed by atoms with van der Waals surface area (Å²) in [4.78, 5) is 0. The molecular weight excluding hydrogens is 262 g/mol. The second kappa shape index (κ2) is 9.18. The maximum absolute atomic E-state index is 9.10. The minimum absolute atomic E-state index is 0. The van der Waals surface area contributed by atoms with Crippen molar-refractivity contribution in [2.45, 2.75) is 39.7 Å². The van der Waals surface area contributed by atoms with Crippen LogP contribution in [0.1, 0.15) is 37.8 Å². The first-order valence-corrected chi connectivity index (χ1v) is 6.62. The molecule has 0 radical (unpaired) electrons. The lowest BCUT2D eigenvalue weighted by atomic mass is 10.0. The number of benzene rings is 1. The van der Waals surface area contributed by atoms with Crippen LogP contribution in [0.2, 0.25) is 0 Å². The van der Waals surface area contributed by atoms with Gasteiger partial charge in [-0.1, -0.05) is 19.9 Å². The number of aliphatic hydroxyl groups excluding tert-OH is 1. The Kier molecular flexibility index (Phi) is 8.81. The van der Waals surface area contributed by atoms with Gasteiger partial charge in [0.05, 0.1) is 6.10 Å². The van der Waals surface area contributed by atoms with E-state index < -0.39 is 0 Å². The molecule has 0 aromatic heterocycles. The first-order chi connectivity index (χ1) is 8.49. The topological polar surface area (TPSA) is 41.5 Å². The van der Waals surface area contributed by atoms with Gasteiger partial charge in [0.25, 0.3) is 0 Å². The van der Waals surface area contributed by atoms with Crippen LogP contribution < -0.4 is 10.1 Å². The number of nitrogens with one attached hydrogen (secondary N) is 1. The molecule has 0 aliphatic heterocycles. The van der Waals surface area contributed by atoms with Gasteiger partial charge < -0.3 is 15.2 Å². The van der Waals surface area contributed by atoms with Crippen LogP contribution in [-0.2, 0) is 0 Å². The number of halogens is 1. The van der Waals surface area contributed by atoms with E-state index in [1.807, 2.05) is 0 Å². The minimum atomic E-state index is -0.309. The van der Waals surface area contributed by atoms with Gasteiger partial charge in [0.2, 0.25) is 0 Å². The van der Waals surface area contributed by atoms with Crippen LogP contribution in [0.25, 0.3) is 0 Å². The number of aryl methyl sites for hydroxylation is 1. The third-order valence-corrected chi connectivity index (χ3v) is 2.73. The third kappa shape index (κ3) is 7.41. The molecule has 1 atom stereocenters. The first kappa shape index (κ1) is 18.2. The van der Waals surface area contributed by atoms with Crippen molar-refractivity contribution in [3.05, 3.63) is 29.3 Å². The number of rotatable bonds is 7. The molecule has 2 N–H and O–H groups in total. The van der Waals surface area contributed by atoms with Crippen molar-refractivity contribution in [2.75, 3.05) is 19.7 Å². The van der Waals surface area contributed by atoms with Gasteiger partial charge >= 0.3 is 0 Å². The quantitative estimate of drug-likeness (QED) is 0.758. The van der Waals surface area contributed by atoms with E-state index in [0.29, 0.717) is 19.1 Å². The van der Waals surface area contributed by atoms with Crippen LogP contribution in [0.15, 0.2) is 18.2 Å². The van der Waals surface area contributed by atoms with Crippen molar-refractivity contribution in [1.29, 1.82) is 0 Å². The van der Waals surface area contributed by atoms with E-state index in [2.05, 4.69) is 44.3 Å². The fraction of sp³-hybridized carbons (Fsp3) is 0.600. The number of hydrogen-bond acceptors (Lipinski definition) is 3.